The highest BCUT2D eigenvalue weighted by molar-refractivity contribution is 7.81. The Hall–Kier alpha value is -2.55. The van der Waals surface area contributed by atoms with Gasteiger partial charge in [0.2, 0.25) is 0 Å². The van der Waals surface area contributed by atoms with E-state index in [-0.39, 0.29) is 10.6 Å². The Balaban J connectivity index is 2.20. The number of hydrogen-bond donors (Lipinski definition) is 1. The molecule has 0 fully saturated rings. The monoisotopic (exact) mass is 390 g/mol. The Morgan fingerprint density at radius 3 is 2.50 bits per heavy atom. The van der Waals surface area contributed by atoms with Crippen molar-refractivity contribution in [2.75, 3.05) is 4.31 Å². The lowest BCUT2D eigenvalue weighted by Gasteiger charge is -2.27. The van der Waals surface area contributed by atoms with E-state index < -0.39 is 23.1 Å². The van der Waals surface area contributed by atoms with E-state index in [0.29, 0.717) is 21.7 Å². The van der Waals surface area contributed by atoms with Crippen LogP contribution in [-0.2, 0) is 11.3 Å². The summed E-state index contributed by atoms with van der Waals surface area (Å²) in [6.07, 6.45) is 0. The summed E-state index contributed by atoms with van der Waals surface area (Å²) in [6.45, 7) is 1.73. The van der Waals surface area contributed by atoms with Crippen molar-refractivity contribution in [2.24, 2.45) is 0 Å². The number of halogens is 1. The summed E-state index contributed by atoms with van der Waals surface area (Å²) in [4.78, 5) is 12.0. The van der Waals surface area contributed by atoms with E-state index in [4.69, 9.17) is 0 Å². The number of aromatic carboxylic acids is 1. The van der Waals surface area contributed by atoms with Gasteiger partial charge in [0.25, 0.3) is 0 Å². The number of aryl methyl sites for hydroxylation is 1. The number of nitrogens with zero attached hydrogens (tertiary/aromatic N) is 1. The van der Waals surface area contributed by atoms with E-state index in [1.54, 1.807) is 37.3 Å². The lowest BCUT2D eigenvalue weighted by Crippen LogP contribution is -2.21. The molecule has 0 aliphatic carbocycles. The summed E-state index contributed by atoms with van der Waals surface area (Å²) in [7, 11) is 0. The van der Waals surface area contributed by atoms with E-state index in [1.165, 1.54) is 24.3 Å². The van der Waals surface area contributed by atoms with E-state index in [1.807, 2.05) is 0 Å². The van der Waals surface area contributed by atoms with E-state index >= 15 is 0 Å². The van der Waals surface area contributed by atoms with Crippen molar-refractivity contribution in [1.29, 1.82) is 0 Å². The molecule has 8 heteroatoms. The van der Waals surface area contributed by atoms with Crippen molar-refractivity contribution >= 4 is 39.9 Å². The molecule has 26 heavy (non-hydrogen) atoms. The molecular formula is C18H13FNO4S2-. The Morgan fingerprint density at radius 2 is 1.88 bits per heavy atom. The van der Waals surface area contributed by atoms with Gasteiger partial charge in [0.15, 0.2) is 0 Å². The van der Waals surface area contributed by atoms with Crippen molar-refractivity contribution in [1.82, 2.24) is 0 Å². The second kappa shape index (κ2) is 7.36. The van der Waals surface area contributed by atoms with Gasteiger partial charge < -0.3 is 9.66 Å². The molecule has 0 bridgehead atoms. The SMILES string of the molecule is Cc1ccccc1N(c1cc(-c2cccc(F)c2)sc1C(=O)O)S(=O)[O-]. The maximum absolute atomic E-state index is 13.5. The van der Waals surface area contributed by atoms with Gasteiger partial charge in [-0.1, -0.05) is 30.3 Å². The molecule has 0 amide bonds. The highest BCUT2D eigenvalue weighted by atomic mass is 32.2. The van der Waals surface area contributed by atoms with Crippen LogP contribution in [0.5, 0.6) is 0 Å². The molecule has 1 N–H and O–H groups in total. The first kappa shape index (κ1) is 18.2. The predicted octanol–water partition coefficient (Wildman–Crippen LogP) is 4.49. The van der Waals surface area contributed by atoms with Crippen LogP contribution in [-0.4, -0.2) is 19.8 Å². The molecule has 3 aromatic rings. The smallest absolute Gasteiger partial charge is 0.348 e. The van der Waals surface area contributed by atoms with Crippen molar-refractivity contribution in [2.45, 2.75) is 6.92 Å². The molecule has 1 aromatic heterocycles. The number of carboxylic acids is 1. The molecule has 1 unspecified atom stereocenters. The molecule has 134 valence electrons. The van der Waals surface area contributed by atoms with Crippen molar-refractivity contribution < 1.29 is 23.1 Å². The molecule has 3 rings (SSSR count). The van der Waals surface area contributed by atoms with Crippen LogP contribution >= 0.6 is 11.3 Å². The number of benzene rings is 2. The molecule has 1 atom stereocenters. The number of carbonyl (C=O) groups is 1. The van der Waals surface area contributed by atoms with Crippen molar-refractivity contribution in [3.05, 3.63) is 70.9 Å². The summed E-state index contributed by atoms with van der Waals surface area (Å²) < 4.78 is 38.3. The molecular weight excluding hydrogens is 377 g/mol. The zero-order chi connectivity index (χ0) is 18.8. The van der Waals surface area contributed by atoms with Crippen molar-refractivity contribution in [3.8, 4) is 10.4 Å². The third-order valence-electron chi connectivity index (χ3n) is 3.72. The van der Waals surface area contributed by atoms with Gasteiger partial charge in [-0.2, -0.15) is 0 Å². The standard InChI is InChI=1S/C18H14FNO4S2/c1-11-5-2-3-8-14(11)20(26(23)24)15-10-16(25-17(15)18(21)22)12-6-4-7-13(19)9-12/h2-10H,1H3,(H,21,22)(H,23,24)/p-1. The summed E-state index contributed by atoms with van der Waals surface area (Å²) in [5, 5.41) is 9.54. The van der Waals surface area contributed by atoms with Crippen LogP contribution in [0, 0.1) is 12.7 Å². The van der Waals surface area contributed by atoms with Crippen LogP contribution in [0.25, 0.3) is 10.4 Å². The fourth-order valence-corrected chi connectivity index (χ4v) is 4.26. The van der Waals surface area contributed by atoms with Crippen LogP contribution in [0.3, 0.4) is 0 Å². The maximum Gasteiger partial charge on any atom is 0.348 e. The van der Waals surface area contributed by atoms with Gasteiger partial charge in [0.05, 0.1) is 22.6 Å². The summed E-state index contributed by atoms with van der Waals surface area (Å²) >= 11 is -1.84. The van der Waals surface area contributed by atoms with E-state index in [0.717, 1.165) is 15.6 Å². The van der Waals surface area contributed by atoms with Crippen LogP contribution < -0.4 is 4.31 Å². The van der Waals surface area contributed by atoms with Crippen LogP contribution in [0.2, 0.25) is 0 Å². The number of rotatable bonds is 5. The molecule has 0 radical (unpaired) electrons. The summed E-state index contributed by atoms with van der Waals surface area (Å²) in [6, 6.07) is 13.9. The van der Waals surface area contributed by atoms with Crippen molar-refractivity contribution in [3.63, 3.8) is 0 Å². The first-order valence-corrected chi connectivity index (χ1v) is 9.31. The van der Waals surface area contributed by atoms with Gasteiger partial charge in [0, 0.05) is 4.88 Å². The third-order valence-corrected chi connectivity index (χ3v) is 5.57. The van der Waals surface area contributed by atoms with Gasteiger partial charge in [-0.25, -0.2) is 9.18 Å². The first-order chi connectivity index (χ1) is 12.4. The molecule has 0 saturated heterocycles. The van der Waals surface area contributed by atoms with Crippen LogP contribution in [0.4, 0.5) is 15.8 Å². The number of para-hydroxylation sites is 1. The minimum atomic E-state index is -2.74. The predicted molar refractivity (Wildman–Crippen MR) is 98.9 cm³/mol. The quantitative estimate of drug-likeness (QED) is 0.651. The van der Waals surface area contributed by atoms with Gasteiger partial charge in [-0.3, -0.25) is 8.51 Å². The Morgan fingerprint density at radius 1 is 1.15 bits per heavy atom. The second-order valence-electron chi connectivity index (χ2n) is 5.44. The van der Waals surface area contributed by atoms with Crippen LogP contribution in [0.1, 0.15) is 15.2 Å². The van der Waals surface area contributed by atoms with E-state index in [9.17, 15) is 23.1 Å². The maximum atomic E-state index is 13.5. The van der Waals surface area contributed by atoms with Gasteiger partial charge in [-0.05, 0) is 42.3 Å². The average molecular weight is 390 g/mol. The molecule has 2 aromatic carbocycles. The lowest BCUT2D eigenvalue weighted by molar-refractivity contribution is 0.0703. The fourth-order valence-electron chi connectivity index (χ4n) is 2.55. The molecule has 0 aliphatic rings. The lowest BCUT2D eigenvalue weighted by atomic mass is 10.1. The zero-order valence-electron chi connectivity index (χ0n) is 13.5. The summed E-state index contributed by atoms with van der Waals surface area (Å²) in [5.41, 5.74) is 1.52. The number of anilines is 2. The number of hydrogen-bond acceptors (Lipinski definition) is 4. The summed E-state index contributed by atoms with van der Waals surface area (Å²) in [5.74, 6) is -1.71. The number of thiophene rings is 1. The minimum absolute atomic E-state index is 0.0180. The third kappa shape index (κ3) is 3.52. The largest absolute Gasteiger partial charge is 0.755 e. The van der Waals surface area contributed by atoms with Crippen LogP contribution in [0.15, 0.2) is 54.6 Å². The fraction of sp³-hybridized carbons (Fsp3) is 0.0556. The Kier molecular flexibility index (Phi) is 5.17. The molecule has 0 spiro atoms. The average Bonchev–Trinajstić information content (AvgIpc) is 3.02. The highest BCUT2D eigenvalue weighted by Crippen LogP contribution is 2.41. The first-order valence-electron chi connectivity index (χ1n) is 7.46. The highest BCUT2D eigenvalue weighted by Gasteiger charge is 2.24. The molecule has 5 nitrogen and oxygen atoms in total. The Labute approximate surface area is 155 Å². The molecule has 0 saturated carbocycles. The van der Waals surface area contributed by atoms with E-state index in [2.05, 4.69) is 0 Å². The minimum Gasteiger partial charge on any atom is -0.755 e. The van der Waals surface area contributed by atoms with Gasteiger partial charge >= 0.3 is 5.97 Å². The second-order valence-corrected chi connectivity index (χ2v) is 7.29. The molecule has 1 heterocycles. The normalized spacial score (nSPS) is 12.0. The Bertz CT molecular complexity index is 1000. The zero-order valence-corrected chi connectivity index (χ0v) is 15.1. The molecule has 0 aliphatic heterocycles. The number of carboxylic acid groups (broad SMARTS) is 1. The van der Waals surface area contributed by atoms with Gasteiger partial charge in [-0.15, -0.1) is 11.3 Å². The topological polar surface area (TPSA) is 80.7 Å². The van der Waals surface area contributed by atoms with Gasteiger partial charge in [0.1, 0.15) is 10.7 Å².